The Hall–Kier alpha value is -1.67. The van der Waals surface area contributed by atoms with Gasteiger partial charge in [0.2, 0.25) is 6.08 Å². The van der Waals surface area contributed by atoms with E-state index in [2.05, 4.69) is 11.6 Å². The second kappa shape index (κ2) is 5.04. The molecule has 0 aliphatic heterocycles. The first-order chi connectivity index (χ1) is 5.61. The van der Waals surface area contributed by atoms with Gasteiger partial charge < -0.3 is 5.11 Å². The van der Waals surface area contributed by atoms with Gasteiger partial charge in [0, 0.05) is 12.0 Å². The van der Waals surface area contributed by atoms with Crippen LogP contribution in [0.2, 0.25) is 0 Å². The molecule has 0 rings (SSSR count). The Morgan fingerprint density at radius 2 is 2.33 bits per heavy atom. The predicted octanol–water partition coefficient (Wildman–Crippen LogP) is 1.26. The fourth-order valence-corrected chi connectivity index (χ4v) is 0.625. The van der Waals surface area contributed by atoms with Gasteiger partial charge in [0.25, 0.3) is 0 Å². The minimum absolute atomic E-state index is 0.0705. The number of aliphatic carboxylic acids is 1. The van der Waals surface area contributed by atoms with Gasteiger partial charge in [0.05, 0.1) is 5.70 Å². The number of hydrogen-bond donors (Lipinski definition) is 1. The molecule has 4 nitrogen and oxygen atoms in total. The van der Waals surface area contributed by atoms with E-state index < -0.39 is 5.97 Å². The number of nitrogens with zero attached hydrogens (tertiary/aromatic N) is 1. The van der Waals surface area contributed by atoms with Crippen LogP contribution in [0.5, 0.6) is 0 Å². The second-order valence-corrected chi connectivity index (χ2v) is 2.07. The zero-order chi connectivity index (χ0) is 9.56. The summed E-state index contributed by atoms with van der Waals surface area (Å²) in [6.07, 6.45) is 2.80. The molecular weight excluding hydrogens is 158 g/mol. The van der Waals surface area contributed by atoms with E-state index in [-0.39, 0.29) is 17.7 Å². The van der Waals surface area contributed by atoms with E-state index >= 15 is 0 Å². The second-order valence-electron chi connectivity index (χ2n) is 2.07. The molecule has 0 aliphatic rings. The third kappa shape index (κ3) is 3.49. The molecule has 0 aromatic heterocycles. The third-order valence-electron chi connectivity index (χ3n) is 1.22. The highest BCUT2D eigenvalue weighted by molar-refractivity contribution is 5.86. The highest BCUT2D eigenvalue weighted by Gasteiger charge is 2.06. The van der Waals surface area contributed by atoms with E-state index in [9.17, 15) is 9.59 Å². The van der Waals surface area contributed by atoms with Crippen molar-refractivity contribution in [2.45, 2.75) is 13.3 Å². The molecule has 0 saturated carbocycles. The lowest BCUT2D eigenvalue weighted by atomic mass is 10.1. The summed E-state index contributed by atoms with van der Waals surface area (Å²) in [4.78, 5) is 23.3. The van der Waals surface area contributed by atoms with Gasteiger partial charge >= 0.3 is 5.97 Å². The lowest BCUT2D eigenvalue weighted by molar-refractivity contribution is -0.132. The number of rotatable bonds is 4. The number of carboxylic acids is 1. The van der Waals surface area contributed by atoms with Gasteiger partial charge in [-0.25, -0.2) is 9.59 Å². The molecule has 0 radical (unpaired) electrons. The molecule has 0 aromatic rings. The smallest absolute Gasteiger partial charge is 0.331 e. The molecule has 0 spiro atoms. The monoisotopic (exact) mass is 167 g/mol. The number of carbonyl (C=O) groups excluding carboxylic acids is 1. The van der Waals surface area contributed by atoms with Crippen molar-refractivity contribution in [3.63, 3.8) is 0 Å². The van der Waals surface area contributed by atoms with Crippen molar-refractivity contribution in [1.29, 1.82) is 0 Å². The molecule has 0 aliphatic carbocycles. The van der Waals surface area contributed by atoms with Crippen LogP contribution >= 0.6 is 0 Å². The molecule has 1 N–H and O–H groups in total. The molecule has 0 bridgehead atoms. The summed E-state index contributed by atoms with van der Waals surface area (Å²) in [5.41, 5.74) is 0.361. The summed E-state index contributed by atoms with van der Waals surface area (Å²) < 4.78 is 0. The predicted molar refractivity (Wildman–Crippen MR) is 43.3 cm³/mol. The zero-order valence-corrected chi connectivity index (χ0v) is 6.70. The topological polar surface area (TPSA) is 66.7 Å². The molecule has 0 heterocycles. The van der Waals surface area contributed by atoms with Gasteiger partial charge in [-0.1, -0.05) is 12.7 Å². The maximum atomic E-state index is 10.4. The van der Waals surface area contributed by atoms with E-state index in [1.54, 1.807) is 6.92 Å². The maximum Gasteiger partial charge on any atom is 0.331 e. The Bertz CT molecular complexity index is 272. The average Bonchev–Trinajstić information content (AvgIpc) is 2.00. The Balaban J connectivity index is 4.33. The third-order valence-corrected chi connectivity index (χ3v) is 1.22. The summed E-state index contributed by atoms with van der Waals surface area (Å²) in [5.74, 6) is -1.03. The van der Waals surface area contributed by atoms with E-state index in [0.717, 1.165) is 0 Å². The number of hydrogen-bond acceptors (Lipinski definition) is 3. The summed E-state index contributed by atoms with van der Waals surface area (Å²) in [7, 11) is 0. The summed E-state index contributed by atoms with van der Waals surface area (Å²) in [5, 5.41) is 8.54. The molecule has 0 aromatic carbocycles. The summed E-state index contributed by atoms with van der Waals surface area (Å²) in [6.45, 7) is 4.98. The quantitative estimate of drug-likeness (QED) is 0.389. The fraction of sp³-hybridized carbons (Fsp3) is 0.250. The summed E-state index contributed by atoms with van der Waals surface area (Å²) in [6, 6.07) is 0. The molecule has 64 valence electrons. The van der Waals surface area contributed by atoms with Crippen LogP contribution in [0.25, 0.3) is 0 Å². The maximum absolute atomic E-state index is 10.4. The fourth-order valence-electron chi connectivity index (χ4n) is 0.625. The Kier molecular flexibility index (Phi) is 4.34. The molecule has 0 saturated heterocycles. The van der Waals surface area contributed by atoms with Crippen molar-refractivity contribution in [1.82, 2.24) is 0 Å². The normalized spacial score (nSPS) is 10.2. The van der Waals surface area contributed by atoms with Gasteiger partial charge in [0.15, 0.2) is 0 Å². The van der Waals surface area contributed by atoms with Gasteiger partial charge in [-0.3, -0.25) is 0 Å². The lowest BCUT2D eigenvalue weighted by Crippen LogP contribution is -2.00. The highest BCUT2D eigenvalue weighted by Crippen LogP contribution is 2.09. The van der Waals surface area contributed by atoms with Crippen molar-refractivity contribution in [3.05, 3.63) is 23.9 Å². The number of isocyanates is 1. The van der Waals surface area contributed by atoms with Crippen molar-refractivity contribution in [2.75, 3.05) is 0 Å². The molecule has 12 heavy (non-hydrogen) atoms. The number of allylic oxidation sites excluding steroid dienone is 2. The number of carbonyl (C=O) groups is 1. The van der Waals surface area contributed by atoms with E-state index in [1.165, 1.54) is 12.2 Å². The standard InChI is InChI=1S/C8H9NO3/c1-3-7(8(11)12)4-6(2)9-5-10/h3H,2,4H2,1H3,(H,11,12)/b7-3-. The molecule has 0 fully saturated rings. The van der Waals surface area contributed by atoms with Crippen LogP contribution < -0.4 is 0 Å². The van der Waals surface area contributed by atoms with Gasteiger partial charge in [-0.15, -0.1) is 0 Å². The molecule has 0 atom stereocenters. The average molecular weight is 167 g/mol. The van der Waals surface area contributed by atoms with Crippen LogP contribution in [0, 0.1) is 0 Å². The molecular formula is C8H9NO3. The van der Waals surface area contributed by atoms with Crippen molar-refractivity contribution >= 4 is 12.0 Å². The van der Waals surface area contributed by atoms with Crippen molar-refractivity contribution in [2.24, 2.45) is 4.99 Å². The Morgan fingerprint density at radius 3 is 2.67 bits per heavy atom. The van der Waals surface area contributed by atoms with Crippen LogP contribution in [0.1, 0.15) is 13.3 Å². The first-order valence-corrected chi connectivity index (χ1v) is 3.26. The van der Waals surface area contributed by atoms with Crippen LogP contribution in [0.15, 0.2) is 28.9 Å². The zero-order valence-electron chi connectivity index (χ0n) is 6.70. The molecule has 0 amide bonds. The highest BCUT2D eigenvalue weighted by atomic mass is 16.4. The van der Waals surface area contributed by atoms with Crippen LogP contribution in [0.3, 0.4) is 0 Å². The molecule has 0 unspecified atom stereocenters. The van der Waals surface area contributed by atoms with Crippen molar-refractivity contribution < 1.29 is 14.7 Å². The SMILES string of the molecule is C=C(C/C(=C/C)C(=O)O)N=C=O. The Labute approximate surface area is 69.9 Å². The minimum atomic E-state index is -1.03. The first-order valence-electron chi connectivity index (χ1n) is 3.26. The number of carboxylic acid groups (broad SMARTS) is 1. The number of aliphatic imine (C=N–C) groups is 1. The van der Waals surface area contributed by atoms with Gasteiger partial charge in [-0.2, -0.15) is 4.99 Å². The van der Waals surface area contributed by atoms with Crippen LogP contribution in [-0.4, -0.2) is 17.2 Å². The van der Waals surface area contributed by atoms with E-state index in [4.69, 9.17) is 5.11 Å². The van der Waals surface area contributed by atoms with Crippen LogP contribution in [0.4, 0.5) is 0 Å². The Morgan fingerprint density at radius 1 is 1.75 bits per heavy atom. The summed E-state index contributed by atoms with van der Waals surface area (Å²) >= 11 is 0. The lowest BCUT2D eigenvalue weighted by Gasteiger charge is -1.97. The van der Waals surface area contributed by atoms with E-state index in [1.807, 2.05) is 0 Å². The minimum Gasteiger partial charge on any atom is -0.478 e. The van der Waals surface area contributed by atoms with E-state index in [0.29, 0.717) is 0 Å². The van der Waals surface area contributed by atoms with Crippen molar-refractivity contribution in [3.8, 4) is 0 Å². The van der Waals surface area contributed by atoms with Crippen LogP contribution in [-0.2, 0) is 9.59 Å². The van der Waals surface area contributed by atoms with Gasteiger partial charge in [0.1, 0.15) is 0 Å². The van der Waals surface area contributed by atoms with Gasteiger partial charge in [-0.05, 0) is 6.92 Å². The molecule has 4 heteroatoms. The first kappa shape index (κ1) is 10.3. The largest absolute Gasteiger partial charge is 0.478 e.